The molecular weight excluding hydrogens is 297 g/mol. The van der Waals surface area contributed by atoms with Gasteiger partial charge in [0.25, 0.3) is 0 Å². The third-order valence-electron chi connectivity index (χ3n) is 3.81. The Hall–Kier alpha value is -1.95. The monoisotopic (exact) mass is 319 g/mol. The van der Waals surface area contributed by atoms with Gasteiger partial charge in [-0.05, 0) is 31.1 Å². The average molecular weight is 319 g/mol. The second-order valence-electron chi connectivity index (χ2n) is 5.74. The van der Waals surface area contributed by atoms with Crippen LogP contribution in [0.1, 0.15) is 5.56 Å². The molecule has 0 aliphatic heterocycles. The van der Waals surface area contributed by atoms with Crippen LogP contribution in [0, 0.1) is 0 Å². The molecule has 116 valence electrons. The van der Waals surface area contributed by atoms with Gasteiger partial charge in [-0.25, -0.2) is 0 Å². The Labute approximate surface area is 140 Å². The molecular formula is C21H22NP. The molecule has 0 saturated heterocycles. The lowest BCUT2D eigenvalue weighted by molar-refractivity contribution is 0.384. The molecule has 0 saturated carbocycles. The highest BCUT2D eigenvalue weighted by Crippen LogP contribution is 2.34. The van der Waals surface area contributed by atoms with Gasteiger partial charge in [0, 0.05) is 12.8 Å². The van der Waals surface area contributed by atoms with Crippen LogP contribution < -0.4 is 10.6 Å². The Morgan fingerprint density at radius 1 is 0.652 bits per heavy atom. The van der Waals surface area contributed by atoms with Gasteiger partial charge in [-0.1, -0.05) is 91.0 Å². The second-order valence-corrected chi connectivity index (χ2v) is 7.91. The van der Waals surface area contributed by atoms with E-state index in [1.807, 2.05) is 0 Å². The van der Waals surface area contributed by atoms with E-state index in [0.29, 0.717) is 0 Å². The van der Waals surface area contributed by atoms with Gasteiger partial charge in [0.2, 0.25) is 0 Å². The molecule has 1 nitrogen and oxygen atoms in total. The molecule has 0 spiro atoms. The molecule has 2 heteroatoms. The van der Waals surface area contributed by atoms with Crippen LogP contribution in [0.4, 0.5) is 0 Å². The Kier molecular flexibility index (Phi) is 5.58. The predicted octanol–water partition coefficient (Wildman–Crippen LogP) is 4.21. The first kappa shape index (κ1) is 15.9. The first-order chi connectivity index (χ1) is 11.3. The average Bonchev–Trinajstić information content (AvgIpc) is 2.62. The number of nitrogens with zero attached hydrogens (tertiary/aromatic N) is 1. The summed E-state index contributed by atoms with van der Waals surface area (Å²) in [6.45, 7) is 0.985. The molecule has 23 heavy (non-hydrogen) atoms. The summed E-state index contributed by atoms with van der Waals surface area (Å²) in [5, 5.41) is 2.88. The van der Waals surface area contributed by atoms with Gasteiger partial charge < -0.3 is 0 Å². The highest BCUT2D eigenvalue weighted by molar-refractivity contribution is 7.72. The van der Waals surface area contributed by atoms with E-state index in [9.17, 15) is 0 Å². The Morgan fingerprint density at radius 2 is 1.09 bits per heavy atom. The minimum absolute atomic E-state index is 0.361. The van der Waals surface area contributed by atoms with Crippen molar-refractivity contribution in [1.82, 2.24) is 4.90 Å². The van der Waals surface area contributed by atoms with Gasteiger partial charge in [-0.15, -0.1) is 0 Å². The third-order valence-corrected chi connectivity index (χ3v) is 6.42. The Bertz CT molecular complexity index is 658. The van der Waals surface area contributed by atoms with Gasteiger partial charge in [-0.2, -0.15) is 0 Å². The van der Waals surface area contributed by atoms with Crippen molar-refractivity contribution in [1.29, 1.82) is 0 Å². The number of hydrogen-bond donors (Lipinski definition) is 0. The third kappa shape index (κ3) is 4.51. The normalized spacial score (nSPS) is 11.1. The summed E-state index contributed by atoms with van der Waals surface area (Å²) in [6.07, 6.45) is 1.07. The summed E-state index contributed by atoms with van der Waals surface area (Å²) in [7, 11) is 1.86. The minimum atomic E-state index is -0.361. The Morgan fingerprint density at radius 3 is 1.57 bits per heavy atom. The van der Waals surface area contributed by atoms with Gasteiger partial charge >= 0.3 is 0 Å². The van der Waals surface area contributed by atoms with E-state index < -0.39 is 0 Å². The first-order valence-corrected chi connectivity index (χ1v) is 9.46. The summed E-state index contributed by atoms with van der Waals surface area (Å²) in [5.74, 6) is 0. The second kappa shape index (κ2) is 8.06. The van der Waals surface area contributed by atoms with Gasteiger partial charge in [0.1, 0.15) is 0 Å². The molecule has 0 heterocycles. The van der Waals surface area contributed by atoms with Gasteiger partial charge in [0.05, 0.1) is 0 Å². The lowest BCUT2D eigenvalue weighted by Gasteiger charge is -2.25. The minimum Gasteiger partial charge on any atom is -0.297 e. The van der Waals surface area contributed by atoms with E-state index in [-0.39, 0.29) is 7.92 Å². The summed E-state index contributed by atoms with van der Waals surface area (Å²) < 4.78 is 0. The maximum absolute atomic E-state index is 2.43. The van der Waals surface area contributed by atoms with Crippen molar-refractivity contribution in [2.45, 2.75) is 6.54 Å². The zero-order valence-electron chi connectivity index (χ0n) is 13.5. The van der Waals surface area contributed by atoms with Crippen LogP contribution in [0.25, 0.3) is 0 Å². The van der Waals surface area contributed by atoms with Crippen LogP contribution in [-0.2, 0) is 6.54 Å². The van der Waals surface area contributed by atoms with E-state index in [1.165, 1.54) is 16.2 Å². The maximum Gasteiger partial charge on any atom is 0.0266 e. The van der Waals surface area contributed by atoms with Crippen LogP contribution in [0.3, 0.4) is 0 Å². The fraction of sp³-hybridized carbons (Fsp3) is 0.143. The number of hydrogen-bond acceptors (Lipinski definition) is 1. The summed E-state index contributed by atoms with van der Waals surface area (Å²) in [6, 6.07) is 32.5. The summed E-state index contributed by atoms with van der Waals surface area (Å²) in [5.41, 5.74) is 1.37. The van der Waals surface area contributed by atoms with E-state index in [2.05, 4.69) is 103 Å². The lowest BCUT2D eigenvalue weighted by atomic mass is 10.2. The van der Waals surface area contributed by atoms with Crippen molar-refractivity contribution in [3.63, 3.8) is 0 Å². The predicted molar refractivity (Wildman–Crippen MR) is 102 cm³/mol. The smallest absolute Gasteiger partial charge is 0.0266 e. The zero-order chi connectivity index (χ0) is 15.9. The molecule has 0 fully saturated rings. The molecule has 3 aromatic rings. The quantitative estimate of drug-likeness (QED) is 0.615. The van der Waals surface area contributed by atoms with Crippen LogP contribution >= 0.6 is 7.92 Å². The molecule has 0 atom stereocenters. The van der Waals surface area contributed by atoms with Crippen LogP contribution in [0.15, 0.2) is 91.0 Å². The van der Waals surface area contributed by atoms with E-state index in [0.717, 1.165) is 12.8 Å². The number of benzene rings is 3. The van der Waals surface area contributed by atoms with Gasteiger partial charge in [0.15, 0.2) is 0 Å². The van der Waals surface area contributed by atoms with E-state index in [1.54, 1.807) is 0 Å². The van der Waals surface area contributed by atoms with Crippen molar-refractivity contribution in [2.24, 2.45) is 0 Å². The molecule has 0 N–H and O–H groups in total. The first-order valence-electron chi connectivity index (χ1n) is 7.93. The molecule has 0 bridgehead atoms. The van der Waals surface area contributed by atoms with Crippen LogP contribution in [0.2, 0.25) is 0 Å². The van der Waals surface area contributed by atoms with E-state index >= 15 is 0 Å². The zero-order valence-corrected chi connectivity index (χ0v) is 14.4. The molecule has 0 aromatic heterocycles. The van der Waals surface area contributed by atoms with Crippen molar-refractivity contribution in [2.75, 3.05) is 13.3 Å². The molecule has 3 rings (SSSR count). The molecule has 0 amide bonds. The fourth-order valence-corrected chi connectivity index (χ4v) is 4.99. The highest BCUT2D eigenvalue weighted by atomic mass is 31.1. The fourth-order valence-electron chi connectivity index (χ4n) is 2.71. The molecule has 0 aliphatic rings. The SMILES string of the molecule is CN(Cc1ccccc1)CP(c1ccccc1)c1ccccc1. The van der Waals surface area contributed by atoms with Crippen molar-refractivity contribution < 1.29 is 0 Å². The lowest BCUT2D eigenvalue weighted by Crippen LogP contribution is -2.25. The highest BCUT2D eigenvalue weighted by Gasteiger charge is 2.15. The van der Waals surface area contributed by atoms with Crippen molar-refractivity contribution in [3.8, 4) is 0 Å². The summed E-state index contributed by atoms with van der Waals surface area (Å²) in [4.78, 5) is 2.43. The molecule has 3 aromatic carbocycles. The van der Waals surface area contributed by atoms with Crippen LogP contribution in [0.5, 0.6) is 0 Å². The molecule has 0 radical (unpaired) electrons. The standard InChI is InChI=1S/C21H22NP/c1-22(17-19-11-5-2-6-12-19)18-23(20-13-7-3-8-14-20)21-15-9-4-10-16-21/h2-16H,17-18H2,1H3. The topological polar surface area (TPSA) is 3.24 Å². The molecule has 0 unspecified atom stereocenters. The van der Waals surface area contributed by atoms with E-state index in [4.69, 9.17) is 0 Å². The summed E-state index contributed by atoms with van der Waals surface area (Å²) >= 11 is 0. The maximum atomic E-state index is 2.43. The van der Waals surface area contributed by atoms with Crippen molar-refractivity contribution >= 4 is 18.5 Å². The Balaban J connectivity index is 1.79. The van der Waals surface area contributed by atoms with Gasteiger partial charge in [-0.3, -0.25) is 4.90 Å². The molecule has 0 aliphatic carbocycles. The van der Waals surface area contributed by atoms with Crippen LogP contribution in [-0.4, -0.2) is 18.2 Å². The largest absolute Gasteiger partial charge is 0.297 e. The van der Waals surface area contributed by atoms with Crippen molar-refractivity contribution in [3.05, 3.63) is 96.6 Å². The number of rotatable bonds is 6.